The average Bonchev–Trinajstić information content (AvgIpc) is 2.87. The second-order valence-corrected chi connectivity index (χ2v) is 4.36. The molecule has 19 heavy (non-hydrogen) atoms. The lowest BCUT2D eigenvalue weighted by atomic mass is 10.1. The van der Waals surface area contributed by atoms with Crippen LogP contribution in [-0.2, 0) is 6.42 Å². The molecule has 0 radical (unpaired) electrons. The van der Waals surface area contributed by atoms with Gasteiger partial charge >= 0.3 is 0 Å². The number of H-pyrrole nitrogens is 1. The van der Waals surface area contributed by atoms with Crippen LogP contribution in [0.4, 0.5) is 5.69 Å². The molecule has 3 rings (SSSR count). The van der Waals surface area contributed by atoms with Crippen molar-refractivity contribution in [2.75, 3.05) is 0 Å². The van der Waals surface area contributed by atoms with E-state index in [0.717, 1.165) is 22.2 Å². The lowest BCUT2D eigenvalue weighted by Crippen LogP contribution is -1.91. The summed E-state index contributed by atoms with van der Waals surface area (Å²) in [6.07, 6.45) is 4.39. The van der Waals surface area contributed by atoms with Crippen molar-refractivity contribution in [2.24, 2.45) is 0 Å². The van der Waals surface area contributed by atoms with E-state index < -0.39 is 4.92 Å². The van der Waals surface area contributed by atoms with Gasteiger partial charge in [-0.2, -0.15) is 0 Å². The molecule has 0 unspecified atom stereocenters. The third kappa shape index (κ3) is 2.30. The van der Waals surface area contributed by atoms with E-state index in [0.29, 0.717) is 6.42 Å². The topological polar surface area (TPSA) is 71.8 Å². The summed E-state index contributed by atoms with van der Waals surface area (Å²) in [5.41, 5.74) is 3.10. The number of hydrogen-bond acceptors (Lipinski definition) is 3. The van der Waals surface area contributed by atoms with E-state index in [-0.39, 0.29) is 5.69 Å². The Balaban J connectivity index is 1.85. The lowest BCUT2D eigenvalue weighted by molar-refractivity contribution is -0.384. The number of pyridine rings is 1. The summed E-state index contributed by atoms with van der Waals surface area (Å²) in [7, 11) is 0. The summed E-state index contributed by atoms with van der Waals surface area (Å²) >= 11 is 0. The Kier molecular flexibility index (Phi) is 2.72. The van der Waals surface area contributed by atoms with Gasteiger partial charge in [0.15, 0.2) is 0 Å². The van der Waals surface area contributed by atoms with Crippen LogP contribution in [0, 0.1) is 10.1 Å². The Hall–Kier alpha value is -2.69. The Labute approximate surface area is 109 Å². The molecular formula is C14H11N3O2. The van der Waals surface area contributed by atoms with Gasteiger partial charge in [-0.15, -0.1) is 0 Å². The summed E-state index contributed by atoms with van der Waals surface area (Å²) in [5, 5.41) is 11.6. The molecule has 0 atom stereocenters. The van der Waals surface area contributed by atoms with E-state index in [1.165, 1.54) is 12.1 Å². The van der Waals surface area contributed by atoms with Crippen molar-refractivity contribution >= 4 is 16.7 Å². The third-order valence-electron chi connectivity index (χ3n) is 3.01. The molecule has 0 saturated heterocycles. The van der Waals surface area contributed by atoms with E-state index in [9.17, 15) is 10.1 Å². The maximum absolute atomic E-state index is 10.6. The summed E-state index contributed by atoms with van der Waals surface area (Å²) in [6, 6.07) is 10.6. The first-order chi connectivity index (χ1) is 9.22. The van der Waals surface area contributed by atoms with Gasteiger partial charge in [-0.1, -0.05) is 12.1 Å². The second kappa shape index (κ2) is 4.53. The summed E-state index contributed by atoms with van der Waals surface area (Å²) < 4.78 is 0. The minimum absolute atomic E-state index is 0.114. The molecule has 0 fully saturated rings. The number of nitro groups is 1. The van der Waals surface area contributed by atoms with Crippen LogP contribution in [0.1, 0.15) is 11.1 Å². The van der Waals surface area contributed by atoms with Crippen molar-refractivity contribution in [3.8, 4) is 0 Å². The molecule has 0 aliphatic carbocycles. The second-order valence-electron chi connectivity index (χ2n) is 4.36. The third-order valence-corrected chi connectivity index (χ3v) is 3.01. The van der Waals surface area contributed by atoms with Gasteiger partial charge in [0.2, 0.25) is 0 Å². The van der Waals surface area contributed by atoms with Crippen LogP contribution >= 0.6 is 0 Å². The Bertz CT molecular complexity index is 732. The molecule has 0 bridgehead atoms. The van der Waals surface area contributed by atoms with Crippen molar-refractivity contribution in [1.29, 1.82) is 0 Å². The Morgan fingerprint density at radius 1 is 1.16 bits per heavy atom. The molecule has 0 aliphatic rings. The molecule has 0 amide bonds. The Morgan fingerprint density at radius 3 is 2.68 bits per heavy atom. The van der Waals surface area contributed by atoms with Crippen molar-refractivity contribution in [2.45, 2.75) is 6.42 Å². The van der Waals surface area contributed by atoms with Crippen molar-refractivity contribution in [3.05, 3.63) is 70.0 Å². The van der Waals surface area contributed by atoms with Gasteiger partial charge in [0.05, 0.1) is 4.92 Å². The van der Waals surface area contributed by atoms with Crippen molar-refractivity contribution in [3.63, 3.8) is 0 Å². The van der Waals surface area contributed by atoms with Gasteiger partial charge in [-0.3, -0.25) is 10.1 Å². The zero-order valence-electron chi connectivity index (χ0n) is 10.0. The zero-order chi connectivity index (χ0) is 13.2. The maximum Gasteiger partial charge on any atom is 0.269 e. The molecule has 2 aromatic heterocycles. The molecular weight excluding hydrogens is 242 g/mol. The molecule has 1 aromatic carbocycles. The summed E-state index contributed by atoms with van der Waals surface area (Å²) in [6.45, 7) is 0. The molecule has 3 aromatic rings. The highest BCUT2D eigenvalue weighted by molar-refractivity contribution is 5.75. The van der Waals surface area contributed by atoms with Crippen LogP contribution in [0.25, 0.3) is 11.0 Å². The largest absolute Gasteiger partial charge is 0.346 e. The number of rotatable bonds is 3. The van der Waals surface area contributed by atoms with E-state index in [1.807, 2.05) is 18.5 Å². The predicted molar refractivity (Wildman–Crippen MR) is 72.0 cm³/mol. The van der Waals surface area contributed by atoms with Gasteiger partial charge in [0, 0.05) is 29.9 Å². The van der Waals surface area contributed by atoms with Crippen molar-refractivity contribution in [1.82, 2.24) is 9.97 Å². The molecule has 5 nitrogen and oxygen atoms in total. The number of aromatic nitrogens is 2. The Morgan fingerprint density at radius 2 is 1.95 bits per heavy atom. The predicted octanol–water partition coefficient (Wildman–Crippen LogP) is 3.06. The van der Waals surface area contributed by atoms with Crippen LogP contribution in [0.2, 0.25) is 0 Å². The SMILES string of the molecule is O=[N+]([O-])c1ccc(Cc2cnc3[nH]ccc3c2)cc1. The zero-order valence-corrected chi connectivity index (χ0v) is 10.0. The van der Waals surface area contributed by atoms with Gasteiger partial charge < -0.3 is 4.98 Å². The number of nitro benzene ring substituents is 1. The quantitative estimate of drug-likeness (QED) is 0.576. The van der Waals surface area contributed by atoms with Crippen LogP contribution in [-0.4, -0.2) is 14.9 Å². The standard InChI is InChI=1S/C14H11N3O2/c18-17(19)13-3-1-10(2-4-13)7-11-8-12-5-6-15-14(12)16-9-11/h1-6,8-9H,7H2,(H,15,16). The van der Waals surface area contributed by atoms with E-state index in [2.05, 4.69) is 16.0 Å². The minimum Gasteiger partial charge on any atom is -0.346 e. The van der Waals surface area contributed by atoms with Gasteiger partial charge in [-0.05, 0) is 29.7 Å². The molecule has 5 heteroatoms. The normalized spacial score (nSPS) is 10.7. The van der Waals surface area contributed by atoms with Gasteiger partial charge in [0.1, 0.15) is 5.65 Å². The molecule has 1 N–H and O–H groups in total. The van der Waals surface area contributed by atoms with Crippen LogP contribution in [0.3, 0.4) is 0 Å². The van der Waals surface area contributed by atoms with Gasteiger partial charge in [-0.25, -0.2) is 4.98 Å². The molecule has 0 aliphatic heterocycles. The first-order valence-corrected chi connectivity index (χ1v) is 5.88. The van der Waals surface area contributed by atoms with E-state index in [4.69, 9.17) is 0 Å². The number of hydrogen-bond donors (Lipinski definition) is 1. The highest BCUT2D eigenvalue weighted by atomic mass is 16.6. The first-order valence-electron chi connectivity index (χ1n) is 5.88. The maximum atomic E-state index is 10.6. The van der Waals surface area contributed by atoms with Crippen LogP contribution in [0.5, 0.6) is 0 Å². The number of fused-ring (bicyclic) bond motifs is 1. The average molecular weight is 253 g/mol. The highest BCUT2D eigenvalue weighted by Gasteiger charge is 2.05. The number of benzene rings is 1. The fourth-order valence-corrected chi connectivity index (χ4v) is 2.05. The van der Waals surface area contributed by atoms with E-state index >= 15 is 0 Å². The van der Waals surface area contributed by atoms with Gasteiger partial charge in [0.25, 0.3) is 5.69 Å². The van der Waals surface area contributed by atoms with E-state index in [1.54, 1.807) is 12.1 Å². The fraction of sp³-hybridized carbons (Fsp3) is 0.0714. The minimum atomic E-state index is -0.392. The smallest absolute Gasteiger partial charge is 0.269 e. The number of non-ortho nitro benzene ring substituents is 1. The van der Waals surface area contributed by atoms with Crippen molar-refractivity contribution < 1.29 is 4.92 Å². The number of aromatic amines is 1. The van der Waals surface area contributed by atoms with Crippen LogP contribution in [0.15, 0.2) is 48.8 Å². The monoisotopic (exact) mass is 253 g/mol. The summed E-state index contributed by atoms with van der Waals surface area (Å²) in [5.74, 6) is 0. The highest BCUT2D eigenvalue weighted by Crippen LogP contribution is 2.17. The van der Waals surface area contributed by atoms with Crippen LogP contribution < -0.4 is 0 Å². The first kappa shape index (κ1) is 11.4. The number of nitrogens with zero attached hydrogens (tertiary/aromatic N) is 2. The number of nitrogens with one attached hydrogen (secondary N) is 1. The molecule has 0 spiro atoms. The molecule has 94 valence electrons. The fourth-order valence-electron chi connectivity index (χ4n) is 2.05. The summed E-state index contributed by atoms with van der Waals surface area (Å²) in [4.78, 5) is 17.6. The molecule has 2 heterocycles. The lowest BCUT2D eigenvalue weighted by Gasteiger charge is -2.01. The molecule has 0 saturated carbocycles.